The summed E-state index contributed by atoms with van der Waals surface area (Å²) in [7, 11) is -2.20. The van der Waals surface area contributed by atoms with Crippen LogP contribution in [0.15, 0.2) is 40.8 Å². The molecule has 1 aromatic heterocycles. The minimum atomic E-state index is -3.71. The van der Waals surface area contributed by atoms with Gasteiger partial charge in [-0.1, -0.05) is 13.3 Å². The number of halogens is 1. The molecule has 45 heavy (non-hydrogen) atoms. The van der Waals surface area contributed by atoms with Gasteiger partial charge in [0.15, 0.2) is 0 Å². The van der Waals surface area contributed by atoms with Crippen molar-refractivity contribution in [2.24, 2.45) is 0 Å². The van der Waals surface area contributed by atoms with Crippen LogP contribution >= 0.6 is 0 Å². The summed E-state index contributed by atoms with van der Waals surface area (Å²) >= 11 is 0. The molecule has 1 heterocycles. The molecule has 13 heteroatoms. The Hall–Kier alpha value is -3.52. The number of rotatable bonds is 19. The van der Waals surface area contributed by atoms with Gasteiger partial charge >= 0.3 is 5.97 Å². The summed E-state index contributed by atoms with van der Waals surface area (Å²) in [6.45, 7) is 3.45. The van der Waals surface area contributed by atoms with Crippen molar-refractivity contribution < 1.29 is 45.8 Å². The molecule has 0 unspecified atom stereocenters. The molecule has 0 atom stereocenters. The van der Waals surface area contributed by atoms with Gasteiger partial charge in [0.1, 0.15) is 23.8 Å². The molecule has 0 aliphatic heterocycles. The van der Waals surface area contributed by atoms with E-state index >= 15 is 0 Å². The fourth-order valence-electron chi connectivity index (χ4n) is 4.82. The Kier molecular flexibility index (Phi) is 12.3. The summed E-state index contributed by atoms with van der Waals surface area (Å²) in [4.78, 5) is 24.5. The fraction of sp³-hybridized carbons (Fsp3) is 0.500. The van der Waals surface area contributed by atoms with Crippen LogP contribution in [0.5, 0.6) is 0 Å². The first kappa shape index (κ1) is 34.4. The van der Waals surface area contributed by atoms with E-state index in [0.29, 0.717) is 34.4 Å². The minimum absolute atomic E-state index is 0.0567. The van der Waals surface area contributed by atoms with Gasteiger partial charge in [0.05, 0.1) is 63.7 Å². The number of carbonyl (C=O) groups is 2. The first-order valence-electron chi connectivity index (χ1n) is 15.1. The maximum Gasteiger partial charge on any atom is 0.332 e. The highest BCUT2D eigenvalue weighted by Crippen LogP contribution is 2.48. The van der Waals surface area contributed by atoms with Crippen LogP contribution in [0.3, 0.4) is 0 Å². The van der Waals surface area contributed by atoms with E-state index in [2.05, 4.69) is 5.32 Å². The molecule has 3 aromatic rings. The van der Waals surface area contributed by atoms with Gasteiger partial charge in [-0.2, -0.15) is 0 Å². The summed E-state index contributed by atoms with van der Waals surface area (Å²) in [6.07, 6.45) is 4.69. The maximum atomic E-state index is 13.6. The number of hydrogen-bond donors (Lipinski definition) is 1. The second kappa shape index (κ2) is 16.2. The number of nitrogens with zero attached hydrogens (tertiary/aromatic N) is 1. The average molecular weight is 649 g/mol. The lowest BCUT2D eigenvalue weighted by Crippen LogP contribution is -2.34. The number of nitrogens with one attached hydrogen (secondary N) is 1. The molecule has 1 aliphatic rings. The standard InChI is InChI=1S/C32H41FN2O9S/c1-4-5-13-43-29(36)21-42-18-17-41-16-15-40-14-12-35(45(3,38)39)27-20-28-26(19-25(27)22-6-7-22)30(32(37)34-2)31(44-28)23-8-10-24(33)11-9-23/h8-11,19-20,22H,4-7,12-18,21H2,1-3H3,(H,34,37). The Morgan fingerprint density at radius 3 is 2.29 bits per heavy atom. The average Bonchev–Trinajstić information content (AvgIpc) is 3.79. The van der Waals surface area contributed by atoms with Gasteiger partial charge in [-0.05, 0) is 61.1 Å². The first-order valence-corrected chi connectivity index (χ1v) is 16.9. The van der Waals surface area contributed by atoms with Crippen molar-refractivity contribution in [1.82, 2.24) is 5.32 Å². The number of ether oxygens (including phenoxy) is 4. The Labute approximate surface area is 263 Å². The highest BCUT2D eigenvalue weighted by atomic mass is 32.2. The molecule has 0 saturated heterocycles. The predicted octanol–water partition coefficient (Wildman–Crippen LogP) is 4.64. The van der Waals surface area contributed by atoms with Crippen LogP contribution in [0.2, 0.25) is 0 Å². The molecule has 2 aromatic carbocycles. The number of hydrogen-bond acceptors (Lipinski definition) is 9. The molecule has 0 spiro atoms. The highest BCUT2D eigenvalue weighted by Gasteiger charge is 2.33. The number of fused-ring (bicyclic) bond motifs is 1. The Balaban J connectivity index is 1.40. The molecule has 246 valence electrons. The van der Waals surface area contributed by atoms with Crippen molar-refractivity contribution in [3.05, 3.63) is 53.3 Å². The zero-order chi connectivity index (χ0) is 32.4. The lowest BCUT2D eigenvalue weighted by atomic mass is 10.0. The molecule has 11 nitrogen and oxygen atoms in total. The molecular formula is C32H41FN2O9S. The minimum Gasteiger partial charge on any atom is -0.464 e. The summed E-state index contributed by atoms with van der Waals surface area (Å²) in [5.41, 5.74) is 2.45. The van der Waals surface area contributed by atoms with Crippen LogP contribution in [-0.2, 0) is 33.8 Å². The molecule has 1 fully saturated rings. The zero-order valence-corrected chi connectivity index (χ0v) is 26.8. The number of amides is 1. The van der Waals surface area contributed by atoms with Gasteiger partial charge in [-0.25, -0.2) is 17.6 Å². The SMILES string of the molecule is CCCCOC(=O)COCCOCCOCCN(c1cc2oc(-c3ccc(F)cc3)c(C(=O)NC)c2cc1C1CC1)S(C)(=O)=O. The van der Waals surface area contributed by atoms with E-state index in [1.807, 2.05) is 13.0 Å². The Morgan fingerprint density at radius 1 is 1.00 bits per heavy atom. The predicted molar refractivity (Wildman–Crippen MR) is 167 cm³/mol. The monoisotopic (exact) mass is 648 g/mol. The van der Waals surface area contributed by atoms with E-state index in [1.165, 1.54) is 35.6 Å². The third-order valence-corrected chi connectivity index (χ3v) is 8.43. The summed E-state index contributed by atoms with van der Waals surface area (Å²) in [5, 5.41) is 3.20. The number of esters is 1. The maximum absolute atomic E-state index is 13.6. The molecule has 0 radical (unpaired) electrons. The van der Waals surface area contributed by atoms with Crippen molar-refractivity contribution >= 4 is 38.6 Å². The van der Waals surface area contributed by atoms with E-state index in [4.69, 9.17) is 23.4 Å². The van der Waals surface area contributed by atoms with Crippen LogP contribution in [0.4, 0.5) is 10.1 Å². The second-order valence-electron chi connectivity index (χ2n) is 10.8. The quantitative estimate of drug-likeness (QED) is 0.146. The number of anilines is 1. The van der Waals surface area contributed by atoms with Gasteiger partial charge < -0.3 is 28.7 Å². The van der Waals surface area contributed by atoms with Crippen LogP contribution in [0.25, 0.3) is 22.3 Å². The number of unbranched alkanes of at least 4 members (excludes halogenated alkanes) is 1. The highest BCUT2D eigenvalue weighted by molar-refractivity contribution is 7.92. The Morgan fingerprint density at radius 2 is 1.67 bits per heavy atom. The van der Waals surface area contributed by atoms with Crippen molar-refractivity contribution in [2.45, 2.75) is 38.5 Å². The van der Waals surface area contributed by atoms with Crippen molar-refractivity contribution in [2.75, 3.05) is 70.4 Å². The molecule has 0 bridgehead atoms. The number of benzene rings is 2. The van der Waals surface area contributed by atoms with E-state index < -0.39 is 21.8 Å². The first-order chi connectivity index (χ1) is 21.6. The van der Waals surface area contributed by atoms with Gasteiger partial charge in [0.25, 0.3) is 5.91 Å². The van der Waals surface area contributed by atoms with E-state index in [-0.39, 0.29) is 63.8 Å². The largest absolute Gasteiger partial charge is 0.464 e. The molecular weight excluding hydrogens is 607 g/mol. The lowest BCUT2D eigenvalue weighted by Gasteiger charge is -2.25. The second-order valence-corrected chi connectivity index (χ2v) is 12.7. The van der Waals surface area contributed by atoms with Crippen molar-refractivity contribution in [3.63, 3.8) is 0 Å². The number of sulfonamides is 1. The van der Waals surface area contributed by atoms with Crippen LogP contribution in [-0.4, -0.2) is 86.4 Å². The van der Waals surface area contributed by atoms with Gasteiger partial charge in [0.2, 0.25) is 10.0 Å². The van der Waals surface area contributed by atoms with E-state index in [0.717, 1.165) is 37.5 Å². The molecule has 1 saturated carbocycles. The smallest absolute Gasteiger partial charge is 0.332 e. The summed E-state index contributed by atoms with van der Waals surface area (Å²) in [6, 6.07) is 9.13. The normalized spacial score (nSPS) is 13.2. The summed E-state index contributed by atoms with van der Waals surface area (Å²) < 4.78 is 68.5. The van der Waals surface area contributed by atoms with Gasteiger partial charge in [0, 0.05) is 24.1 Å². The van der Waals surface area contributed by atoms with Crippen molar-refractivity contribution in [3.8, 4) is 11.3 Å². The molecule has 1 N–H and O–H groups in total. The lowest BCUT2D eigenvalue weighted by molar-refractivity contribution is -0.149. The molecule has 1 amide bonds. The van der Waals surface area contributed by atoms with Crippen LogP contribution in [0.1, 0.15) is 54.4 Å². The number of furan rings is 1. The molecule has 1 aliphatic carbocycles. The van der Waals surface area contributed by atoms with E-state index in [1.54, 1.807) is 6.07 Å². The van der Waals surface area contributed by atoms with Gasteiger partial charge in [-0.15, -0.1) is 0 Å². The van der Waals surface area contributed by atoms with Crippen LogP contribution in [0, 0.1) is 5.82 Å². The third kappa shape index (κ3) is 9.49. The Bertz CT molecular complexity index is 1550. The molecule has 4 rings (SSSR count). The van der Waals surface area contributed by atoms with Gasteiger partial charge in [-0.3, -0.25) is 9.10 Å². The number of carbonyl (C=O) groups excluding carboxylic acids is 2. The topological polar surface area (TPSA) is 134 Å². The van der Waals surface area contributed by atoms with Crippen LogP contribution < -0.4 is 9.62 Å². The van der Waals surface area contributed by atoms with Crippen molar-refractivity contribution in [1.29, 1.82) is 0 Å². The zero-order valence-electron chi connectivity index (χ0n) is 25.9. The third-order valence-electron chi connectivity index (χ3n) is 7.25. The summed E-state index contributed by atoms with van der Waals surface area (Å²) in [5.74, 6) is -0.772. The van der Waals surface area contributed by atoms with E-state index in [9.17, 15) is 22.4 Å². The fourth-order valence-corrected chi connectivity index (χ4v) is 5.74.